The van der Waals surface area contributed by atoms with Crippen LogP contribution in [0.1, 0.15) is 0 Å². The smallest absolute Gasteiger partial charge is 0.213 e. The van der Waals surface area contributed by atoms with Gasteiger partial charge in [-0.1, -0.05) is 24.3 Å². The molecule has 0 unspecified atom stereocenters. The van der Waals surface area contributed by atoms with Crippen LogP contribution < -0.4 is 28.0 Å². The molecule has 126 valence electrons. The van der Waals surface area contributed by atoms with E-state index in [1.54, 1.807) is 0 Å². The Hall–Kier alpha value is -2.11. The number of benzene rings is 2. The lowest BCUT2D eigenvalue weighted by Crippen LogP contribution is -3.00. The molecule has 0 fully saturated rings. The van der Waals surface area contributed by atoms with Crippen LogP contribution in [0.2, 0.25) is 0 Å². The van der Waals surface area contributed by atoms with E-state index in [-0.39, 0.29) is 12.4 Å². The molecule has 0 saturated heterocycles. The Kier molecular flexibility index (Phi) is 6.17. The van der Waals surface area contributed by atoms with Crippen molar-refractivity contribution in [1.82, 2.24) is 10.2 Å². The second-order valence-electron chi connectivity index (χ2n) is 5.49. The first-order valence-corrected chi connectivity index (χ1v) is 8.11. The minimum atomic E-state index is 0. The van der Waals surface area contributed by atoms with Crippen LogP contribution in [0.5, 0.6) is 0 Å². The maximum Gasteiger partial charge on any atom is 0.213 e. The van der Waals surface area contributed by atoms with E-state index in [0.29, 0.717) is 0 Å². The summed E-state index contributed by atoms with van der Waals surface area (Å²) in [6.07, 6.45) is 0. The molecule has 24 heavy (non-hydrogen) atoms. The number of hydrogen-bond acceptors (Lipinski definition) is 2. The lowest BCUT2D eigenvalue weighted by atomic mass is 10.1. The molecule has 0 spiro atoms. The molecule has 0 aliphatic rings. The largest absolute Gasteiger partial charge is 1.00 e. The molecule has 3 aromatic rings. The molecule has 0 bridgehead atoms. The van der Waals surface area contributed by atoms with E-state index in [1.807, 2.05) is 19.0 Å². The van der Waals surface area contributed by atoms with Gasteiger partial charge in [-0.2, -0.15) is 0 Å². The molecular weight excluding hydrogens is 340 g/mol. The predicted molar refractivity (Wildman–Crippen MR) is 101 cm³/mol. The second-order valence-corrected chi connectivity index (χ2v) is 5.88. The maximum atomic E-state index is 5.24. The predicted octanol–water partition coefficient (Wildman–Crippen LogP) is -0.341. The lowest BCUT2D eigenvalue weighted by Gasteiger charge is -2.20. The van der Waals surface area contributed by atoms with Gasteiger partial charge in [0.2, 0.25) is 11.0 Å². The summed E-state index contributed by atoms with van der Waals surface area (Å²) >= 11 is 5.24. The van der Waals surface area contributed by atoms with Crippen LogP contribution in [-0.2, 0) is 0 Å². The number of nitrogens with one attached hydrogen (secondary N) is 3. The number of nitrogens with zero attached hydrogens (tertiary/aromatic N) is 1. The number of halogens is 1. The number of aromatic nitrogens is 1. The highest BCUT2D eigenvalue weighted by Gasteiger charge is 2.13. The van der Waals surface area contributed by atoms with Gasteiger partial charge in [-0.05, 0) is 24.4 Å². The second kappa shape index (κ2) is 8.13. The topological polar surface area (TPSA) is 41.4 Å². The van der Waals surface area contributed by atoms with Crippen LogP contribution in [0.3, 0.4) is 0 Å². The van der Waals surface area contributed by atoms with E-state index in [0.717, 1.165) is 29.2 Å². The van der Waals surface area contributed by atoms with Crippen molar-refractivity contribution in [3.05, 3.63) is 48.5 Å². The number of thiocarbonyl (C=S) groups is 1. The fourth-order valence-electron chi connectivity index (χ4n) is 2.74. The summed E-state index contributed by atoms with van der Waals surface area (Å²) < 4.78 is 0. The van der Waals surface area contributed by atoms with Gasteiger partial charge in [0, 0.05) is 39.3 Å². The van der Waals surface area contributed by atoms with E-state index in [4.69, 9.17) is 12.2 Å². The normalized spacial score (nSPS) is 10.2. The van der Waals surface area contributed by atoms with Crippen molar-refractivity contribution in [2.45, 2.75) is 0 Å². The zero-order chi connectivity index (χ0) is 16.2. The molecule has 0 atom stereocenters. The van der Waals surface area contributed by atoms with Crippen LogP contribution in [0.25, 0.3) is 21.8 Å². The number of fused-ring (bicyclic) bond motifs is 2. The molecule has 0 amide bonds. The van der Waals surface area contributed by atoms with Crippen LogP contribution in [0.15, 0.2) is 48.5 Å². The van der Waals surface area contributed by atoms with Gasteiger partial charge in [-0.25, -0.2) is 4.98 Å². The third kappa shape index (κ3) is 3.68. The number of hydrogen-bond donors (Lipinski definition) is 2. The minimum absolute atomic E-state index is 0. The molecule has 0 aliphatic heterocycles. The number of likely N-dealkylation sites (N-methyl/N-ethyl adjacent to an activating group) is 1. The van der Waals surface area contributed by atoms with Crippen molar-refractivity contribution in [2.24, 2.45) is 0 Å². The van der Waals surface area contributed by atoms with Crippen molar-refractivity contribution in [3.8, 4) is 0 Å². The van der Waals surface area contributed by atoms with Crippen LogP contribution in [0.4, 0.5) is 5.69 Å². The van der Waals surface area contributed by atoms with Gasteiger partial charge in [-0.3, -0.25) is 0 Å². The molecule has 4 nitrogen and oxygen atoms in total. The standard InChI is InChI=1S/C18H20N4S.ClH/c1-19-18(23)22(2)12-11-20-17-13-7-3-5-9-15(13)21-16-10-6-4-8-14(16)17;/h3-10H,11-12H2,1-2H3,(H,19,23)(H,20,21);1H. The summed E-state index contributed by atoms with van der Waals surface area (Å²) in [4.78, 5) is 5.52. The first kappa shape index (κ1) is 18.2. The molecule has 1 heterocycles. The summed E-state index contributed by atoms with van der Waals surface area (Å²) in [6, 6.07) is 16.7. The molecule has 0 saturated carbocycles. The first-order valence-electron chi connectivity index (χ1n) is 7.70. The SMILES string of the molecule is CNC(=S)N(C)CCNc1c2ccccc2[nH+]c2ccccc12.[Cl-]. The third-order valence-electron chi connectivity index (χ3n) is 3.97. The summed E-state index contributed by atoms with van der Waals surface area (Å²) in [5, 5.41) is 9.74. The number of aromatic amines is 1. The third-order valence-corrected chi connectivity index (χ3v) is 4.49. The van der Waals surface area contributed by atoms with Gasteiger partial charge in [0.15, 0.2) is 5.11 Å². The average molecular weight is 361 g/mol. The van der Waals surface area contributed by atoms with Crippen molar-refractivity contribution >= 4 is 44.8 Å². The number of anilines is 1. The molecule has 1 aromatic heterocycles. The summed E-state index contributed by atoms with van der Waals surface area (Å²) in [5.41, 5.74) is 3.43. The van der Waals surface area contributed by atoms with Crippen LogP contribution in [-0.4, -0.2) is 37.2 Å². The Morgan fingerprint density at radius 1 is 1.04 bits per heavy atom. The van der Waals surface area contributed by atoms with Crippen molar-refractivity contribution in [3.63, 3.8) is 0 Å². The fourth-order valence-corrected chi connectivity index (χ4v) is 2.83. The van der Waals surface area contributed by atoms with Crippen LogP contribution in [0, 0.1) is 0 Å². The van der Waals surface area contributed by atoms with Crippen LogP contribution >= 0.6 is 12.2 Å². The average Bonchev–Trinajstić information content (AvgIpc) is 2.60. The highest BCUT2D eigenvalue weighted by atomic mass is 35.5. The quantitative estimate of drug-likeness (QED) is 0.493. The zero-order valence-electron chi connectivity index (χ0n) is 13.8. The number of para-hydroxylation sites is 2. The molecule has 3 N–H and O–H groups in total. The Morgan fingerprint density at radius 3 is 2.12 bits per heavy atom. The minimum Gasteiger partial charge on any atom is -1.00 e. The summed E-state index contributed by atoms with van der Waals surface area (Å²) in [6.45, 7) is 1.65. The zero-order valence-corrected chi connectivity index (χ0v) is 15.3. The molecule has 3 rings (SSSR count). The highest BCUT2D eigenvalue weighted by molar-refractivity contribution is 7.80. The van der Waals surface area contributed by atoms with Crippen molar-refractivity contribution in [2.75, 3.05) is 32.5 Å². The van der Waals surface area contributed by atoms with Gasteiger partial charge >= 0.3 is 0 Å². The number of pyridine rings is 1. The molecule has 6 heteroatoms. The van der Waals surface area contributed by atoms with E-state index in [1.165, 1.54) is 16.5 Å². The number of rotatable bonds is 4. The summed E-state index contributed by atoms with van der Waals surface area (Å²) in [5.74, 6) is 0. The molecule has 2 aromatic carbocycles. The Morgan fingerprint density at radius 2 is 1.58 bits per heavy atom. The monoisotopic (exact) mass is 360 g/mol. The molecule has 0 aliphatic carbocycles. The number of H-pyrrole nitrogens is 1. The Labute approximate surface area is 153 Å². The first-order chi connectivity index (χ1) is 11.2. The lowest BCUT2D eigenvalue weighted by molar-refractivity contribution is -0.310. The molecule has 0 radical (unpaired) electrons. The van der Waals surface area contributed by atoms with Gasteiger partial charge in [0.25, 0.3) is 0 Å². The van der Waals surface area contributed by atoms with Gasteiger partial charge in [0.05, 0.1) is 16.5 Å². The van der Waals surface area contributed by atoms with E-state index < -0.39 is 0 Å². The van der Waals surface area contributed by atoms with E-state index in [2.05, 4.69) is 64.1 Å². The van der Waals surface area contributed by atoms with Gasteiger partial charge in [0.1, 0.15) is 0 Å². The van der Waals surface area contributed by atoms with E-state index in [9.17, 15) is 0 Å². The highest BCUT2D eigenvalue weighted by Crippen LogP contribution is 2.28. The Bertz CT molecular complexity index is 799. The van der Waals surface area contributed by atoms with Crippen molar-refractivity contribution in [1.29, 1.82) is 0 Å². The Balaban J connectivity index is 0.00000208. The maximum absolute atomic E-state index is 5.24. The molecular formula is C18H21ClN4S. The fraction of sp³-hybridized carbons (Fsp3) is 0.222. The van der Waals surface area contributed by atoms with Crippen molar-refractivity contribution < 1.29 is 17.4 Å². The van der Waals surface area contributed by atoms with Gasteiger partial charge in [-0.15, -0.1) is 0 Å². The van der Waals surface area contributed by atoms with E-state index >= 15 is 0 Å². The van der Waals surface area contributed by atoms with Gasteiger partial charge < -0.3 is 27.9 Å². The summed E-state index contributed by atoms with van der Waals surface area (Å²) in [7, 11) is 3.84.